The van der Waals surface area contributed by atoms with Crippen LogP contribution >= 0.6 is 0 Å². The molecule has 0 aliphatic heterocycles. The summed E-state index contributed by atoms with van der Waals surface area (Å²) in [4.78, 5) is 17.3. The predicted octanol–water partition coefficient (Wildman–Crippen LogP) is 2.10. The minimum atomic E-state index is 0.381. The van der Waals surface area contributed by atoms with Gasteiger partial charge >= 0.3 is 0 Å². The van der Waals surface area contributed by atoms with Crippen molar-refractivity contribution in [2.75, 3.05) is 0 Å². The van der Waals surface area contributed by atoms with E-state index in [-0.39, 0.29) is 0 Å². The smallest absolute Gasteiger partial charge is 0.174 e. The monoisotopic (exact) mass is 190 g/mol. The molecule has 0 unspecified atom stereocenters. The third kappa shape index (κ3) is 1.35. The number of rotatable bonds is 2. The molecule has 2 aromatic heterocycles. The lowest BCUT2D eigenvalue weighted by Crippen LogP contribution is -1.78. The third-order valence-electron chi connectivity index (χ3n) is 2.12. The van der Waals surface area contributed by atoms with Gasteiger partial charge in [0.1, 0.15) is 11.5 Å². The Labute approximate surface area is 81.0 Å². The molecule has 0 saturated heterocycles. The van der Waals surface area contributed by atoms with E-state index < -0.39 is 0 Å². The van der Waals surface area contributed by atoms with E-state index in [1.165, 1.54) is 0 Å². The number of nitrogens with zero attached hydrogens (tertiary/aromatic N) is 1. The molecule has 2 aromatic rings. The molecule has 1 N–H and O–H groups in total. The Bertz CT molecular complexity index is 449. The van der Waals surface area contributed by atoms with Gasteiger partial charge in [-0.2, -0.15) is 0 Å². The lowest BCUT2D eigenvalue weighted by Gasteiger charge is -1.87. The normalized spacial score (nSPS) is 10.4. The van der Waals surface area contributed by atoms with Crippen LogP contribution in [0.4, 0.5) is 0 Å². The number of aryl methyl sites for hydroxylation is 2. The second-order valence-corrected chi connectivity index (χ2v) is 3.14. The molecule has 0 atom stereocenters. The maximum atomic E-state index is 10.4. The van der Waals surface area contributed by atoms with E-state index in [2.05, 4.69) is 9.97 Å². The van der Waals surface area contributed by atoms with Crippen LogP contribution in [0.25, 0.3) is 11.6 Å². The van der Waals surface area contributed by atoms with E-state index in [4.69, 9.17) is 4.42 Å². The van der Waals surface area contributed by atoms with Crippen LogP contribution in [0.5, 0.6) is 0 Å². The van der Waals surface area contributed by atoms with Gasteiger partial charge in [-0.15, -0.1) is 0 Å². The number of carbonyl (C=O) groups excluding carboxylic acids is 1. The van der Waals surface area contributed by atoms with Crippen molar-refractivity contribution in [2.45, 2.75) is 13.8 Å². The summed E-state index contributed by atoms with van der Waals surface area (Å²) < 4.78 is 5.45. The molecule has 0 saturated carbocycles. The summed E-state index contributed by atoms with van der Waals surface area (Å²) in [7, 11) is 0. The van der Waals surface area contributed by atoms with Gasteiger partial charge in [-0.05, 0) is 25.5 Å². The lowest BCUT2D eigenvalue weighted by molar-refractivity contribution is 0.111. The van der Waals surface area contributed by atoms with Gasteiger partial charge in [0.25, 0.3) is 0 Å². The van der Waals surface area contributed by atoms with Crippen molar-refractivity contribution in [2.24, 2.45) is 0 Å². The van der Waals surface area contributed by atoms with Crippen LogP contribution in [0.2, 0.25) is 0 Å². The number of aromatic nitrogens is 2. The Kier molecular flexibility index (Phi) is 1.96. The minimum absolute atomic E-state index is 0.381. The van der Waals surface area contributed by atoms with E-state index in [1.807, 2.05) is 19.9 Å². The zero-order valence-corrected chi connectivity index (χ0v) is 8.00. The molecule has 0 aliphatic carbocycles. The second-order valence-electron chi connectivity index (χ2n) is 3.14. The highest BCUT2D eigenvalue weighted by Gasteiger charge is 2.09. The van der Waals surface area contributed by atoms with Crippen LogP contribution < -0.4 is 0 Å². The van der Waals surface area contributed by atoms with Gasteiger partial charge in [-0.3, -0.25) is 4.79 Å². The van der Waals surface area contributed by atoms with Gasteiger partial charge in [0, 0.05) is 6.20 Å². The average molecular weight is 190 g/mol. The summed E-state index contributed by atoms with van der Waals surface area (Å²) in [5, 5.41) is 0. The summed E-state index contributed by atoms with van der Waals surface area (Å²) >= 11 is 0. The Balaban J connectivity index is 2.43. The van der Waals surface area contributed by atoms with E-state index >= 15 is 0 Å². The highest BCUT2D eigenvalue weighted by molar-refractivity contribution is 5.72. The molecule has 4 heteroatoms. The first-order chi connectivity index (χ1) is 6.70. The maximum absolute atomic E-state index is 10.4. The van der Waals surface area contributed by atoms with Crippen molar-refractivity contribution in [1.82, 2.24) is 9.97 Å². The number of aldehydes is 1. The lowest BCUT2D eigenvalue weighted by atomic mass is 10.3. The van der Waals surface area contributed by atoms with E-state index in [0.717, 1.165) is 11.3 Å². The Morgan fingerprint density at radius 3 is 2.79 bits per heavy atom. The molecule has 0 bridgehead atoms. The van der Waals surface area contributed by atoms with Crippen LogP contribution in [-0.2, 0) is 0 Å². The summed E-state index contributed by atoms with van der Waals surface area (Å²) in [5.74, 6) is 2.11. The highest BCUT2D eigenvalue weighted by atomic mass is 16.3. The molecule has 2 heterocycles. The fourth-order valence-electron chi connectivity index (χ4n) is 1.21. The van der Waals surface area contributed by atoms with Crippen molar-refractivity contribution in [3.63, 3.8) is 0 Å². The van der Waals surface area contributed by atoms with Crippen molar-refractivity contribution in [1.29, 1.82) is 0 Å². The van der Waals surface area contributed by atoms with Crippen molar-refractivity contribution >= 4 is 6.29 Å². The van der Waals surface area contributed by atoms with E-state index in [9.17, 15) is 4.79 Å². The average Bonchev–Trinajstić information content (AvgIpc) is 2.74. The summed E-state index contributed by atoms with van der Waals surface area (Å²) in [6, 6.07) is 1.89. The number of aromatic amines is 1. The Morgan fingerprint density at radius 2 is 2.29 bits per heavy atom. The highest BCUT2D eigenvalue weighted by Crippen LogP contribution is 2.21. The molecule has 0 fully saturated rings. The first-order valence-electron chi connectivity index (χ1n) is 4.28. The Morgan fingerprint density at radius 1 is 1.50 bits per heavy atom. The molecule has 72 valence electrons. The Hall–Kier alpha value is -1.84. The molecule has 2 rings (SSSR count). The number of furan rings is 1. The van der Waals surface area contributed by atoms with Gasteiger partial charge in [0.05, 0.1) is 0 Å². The standard InChI is InChI=1S/C10H10N2O2/c1-6-3-9(14-7(6)2)10-11-4-8(5-13)12-10/h3-5H,1-2H3,(H,11,12). The minimum Gasteiger partial charge on any atom is -0.458 e. The summed E-state index contributed by atoms with van der Waals surface area (Å²) in [5.41, 5.74) is 1.45. The van der Waals surface area contributed by atoms with Gasteiger partial charge in [0.2, 0.25) is 0 Å². The van der Waals surface area contributed by atoms with Gasteiger partial charge < -0.3 is 9.40 Å². The first-order valence-corrected chi connectivity index (χ1v) is 4.28. The fourth-order valence-corrected chi connectivity index (χ4v) is 1.21. The van der Waals surface area contributed by atoms with Crippen molar-refractivity contribution in [3.8, 4) is 11.6 Å². The number of nitrogens with one attached hydrogen (secondary N) is 1. The predicted molar refractivity (Wildman–Crippen MR) is 51.2 cm³/mol. The molecule has 0 spiro atoms. The van der Waals surface area contributed by atoms with Crippen molar-refractivity contribution < 1.29 is 9.21 Å². The topological polar surface area (TPSA) is 58.9 Å². The van der Waals surface area contributed by atoms with Crippen LogP contribution in [0.1, 0.15) is 21.8 Å². The fraction of sp³-hybridized carbons (Fsp3) is 0.200. The number of carbonyl (C=O) groups is 1. The molecule has 4 nitrogen and oxygen atoms in total. The van der Waals surface area contributed by atoms with E-state index in [1.54, 1.807) is 6.20 Å². The van der Waals surface area contributed by atoms with Crippen LogP contribution in [0.3, 0.4) is 0 Å². The van der Waals surface area contributed by atoms with E-state index in [0.29, 0.717) is 23.6 Å². The molecule has 0 aliphatic rings. The number of imidazole rings is 1. The molecular formula is C10H10N2O2. The molecule has 0 amide bonds. The number of H-pyrrole nitrogens is 1. The van der Waals surface area contributed by atoms with Gasteiger partial charge in [-0.1, -0.05) is 0 Å². The summed E-state index contributed by atoms with van der Waals surface area (Å²) in [6.45, 7) is 3.86. The van der Waals surface area contributed by atoms with Crippen molar-refractivity contribution in [3.05, 3.63) is 29.3 Å². The largest absolute Gasteiger partial charge is 0.458 e. The van der Waals surface area contributed by atoms with Crippen LogP contribution in [-0.4, -0.2) is 16.3 Å². The van der Waals surface area contributed by atoms with Crippen LogP contribution in [0.15, 0.2) is 16.7 Å². The van der Waals surface area contributed by atoms with Gasteiger partial charge in [0.15, 0.2) is 17.9 Å². The SMILES string of the molecule is Cc1cc(-c2nc(C=O)c[nH]2)oc1C. The molecule has 0 radical (unpaired) electrons. The maximum Gasteiger partial charge on any atom is 0.174 e. The zero-order valence-electron chi connectivity index (χ0n) is 8.00. The summed E-state index contributed by atoms with van der Waals surface area (Å²) in [6.07, 6.45) is 2.25. The zero-order chi connectivity index (χ0) is 10.1. The molecule has 0 aromatic carbocycles. The van der Waals surface area contributed by atoms with Gasteiger partial charge in [-0.25, -0.2) is 4.98 Å². The first kappa shape index (κ1) is 8.74. The molecular weight excluding hydrogens is 180 g/mol. The third-order valence-corrected chi connectivity index (χ3v) is 2.12. The second kappa shape index (κ2) is 3.14. The van der Waals surface area contributed by atoms with Crippen LogP contribution in [0, 0.1) is 13.8 Å². The quantitative estimate of drug-likeness (QED) is 0.737. The molecule has 14 heavy (non-hydrogen) atoms. The number of hydrogen-bond acceptors (Lipinski definition) is 3. The number of hydrogen-bond donors (Lipinski definition) is 1.